The van der Waals surface area contributed by atoms with Gasteiger partial charge in [-0.15, -0.1) is 0 Å². The summed E-state index contributed by atoms with van der Waals surface area (Å²) in [5, 5.41) is 9.39. The molecule has 0 amide bonds. The Morgan fingerprint density at radius 3 is 2.53 bits per heavy atom. The molecule has 1 aliphatic rings. The molecule has 3 aromatic rings. The lowest BCUT2D eigenvalue weighted by molar-refractivity contribution is -0.139. The molecule has 1 unspecified atom stereocenters. The number of allylic oxidation sites excluding steroid dienone is 1. The number of hydrogen-bond acceptors (Lipinski definition) is 4. The van der Waals surface area contributed by atoms with Crippen LogP contribution in [0, 0.1) is 5.82 Å². The molecule has 1 atom stereocenters. The minimum absolute atomic E-state index is 0.00905. The molecule has 6 nitrogen and oxygen atoms in total. The lowest BCUT2D eigenvalue weighted by atomic mass is 10.0. The molecular formula is C26H20ClF4NO5S. The molecule has 0 spiro atoms. The van der Waals surface area contributed by atoms with Crippen LogP contribution in [-0.2, 0) is 21.0 Å². The summed E-state index contributed by atoms with van der Waals surface area (Å²) in [4.78, 5) is 10.7. The van der Waals surface area contributed by atoms with Crippen molar-refractivity contribution >= 4 is 44.9 Å². The normalized spacial score (nSPS) is 16.1. The van der Waals surface area contributed by atoms with E-state index in [-0.39, 0.29) is 22.0 Å². The summed E-state index contributed by atoms with van der Waals surface area (Å²) < 4.78 is 87.9. The van der Waals surface area contributed by atoms with Gasteiger partial charge in [-0.3, -0.25) is 9.10 Å². The van der Waals surface area contributed by atoms with Crippen LogP contribution in [0.1, 0.15) is 30.0 Å². The molecule has 0 aliphatic carbocycles. The van der Waals surface area contributed by atoms with Crippen LogP contribution in [0.4, 0.5) is 23.2 Å². The summed E-state index contributed by atoms with van der Waals surface area (Å²) in [5.41, 5.74) is -0.155. The predicted molar refractivity (Wildman–Crippen MR) is 134 cm³/mol. The van der Waals surface area contributed by atoms with Crippen molar-refractivity contribution in [3.63, 3.8) is 0 Å². The average molecular weight is 570 g/mol. The first kappa shape index (κ1) is 27.5. The van der Waals surface area contributed by atoms with E-state index < -0.39 is 57.5 Å². The van der Waals surface area contributed by atoms with Crippen LogP contribution >= 0.6 is 11.6 Å². The molecule has 0 fully saturated rings. The van der Waals surface area contributed by atoms with E-state index in [0.717, 1.165) is 22.5 Å². The predicted octanol–water partition coefficient (Wildman–Crippen LogP) is 6.49. The van der Waals surface area contributed by atoms with Gasteiger partial charge in [0.2, 0.25) is 0 Å². The van der Waals surface area contributed by atoms with Gasteiger partial charge >= 0.3 is 12.1 Å². The van der Waals surface area contributed by atoms with Gasteiger partial charge < -0.3 is 9.84 Å². The number of aliphatic carboxylic acids is 1. The van der Waals surface area contributed by atoms with Crippen molar-refractivity contribution in [1.29, 1.82) is 0 Å². The zero-order chi connectivity index (χ0) is 27.8. The summed E-state index contributed by atoms with van der Waals surface area (Å²) in [6, 6.07) is 11.9. The van der Waals surface area contributed by atoms with E-state index in [0.29, 0.717) is 17.2 Å². The number of rotatable bonds is 6. The van der Waals surface area contributed by atoms with E-state index in [9.17, 15) is 35.9 Å². The average Bonchev–Trinajstić information content (AvgIpc) is 2.83. The third kappa shape index (κ3) is 5.63. The molecule has 38 heavy (non-hydrogen) atoms. The minimum Gasteiger partial charge on any atom is -0.486 e. The number of sulfonamides is 1. The third-order valence-corrected chi connectivity index (χ3v) is 7.90. The minimum atomic E-state index is -4.77. The Morgan fingerprint density at radius 2 is 1.87 bits per heavy atom. The van der Waals surface area contributed by atoms with E-state index in [2.05, 4.69) is 0 Å². The van der Waals surface area contributed by atoms with Crippen LogP contribution in [0.3, 0.4) is 0 Å². The number of ether oxygens (including phenoxy) is 1. The van der Waals surface area contributed by atoms with Crippen molar-refractivity contribution in [1.82, 2.24) is 0 Å². The summed E-state index contributed by atoms with van der Waals surface area (Å²) in [6.45, 7) is 1.16. The maximum Gasteiger partial charge on any atom is 0.416 e. The lowest BCUT2D eigenvalue weighted by Crippen LogP contribution is -2.44. The molecule has 0 saturated heterocycles. The SMILES string of the molecule is CC(=Cc1ccc2c(c1)N(S(=O)(=O)c1cccc(C(F)(F)F)c1)CC(CC(=O)O)O2)c1c(F)cccc1Cl. The number of hydrogen-bond donors (Lipinski definition) is 1. The van der Waals surface area contributed by atoms with Crippen LogP contribution in [0.15, 0.2) is 65.6 Å². The highest BCUT2D eigenvalue weighted by molar-refractivity contribution is 7.92. The molecule has 1 aliphatic heterocycles. The molecule has 1 heterocycles. The Labute approximate surface area is 220 Å². The van der Waals surface area contributed by atoms with Gasteiger partial charge in [0, 0.05) is 5.56 Å². The fraction of sp³-hybridized carbons (Fsp3) is 0.192. The van der Waals surface area contributed by atoms with E-state index in [1.165, 1.54) is 30.3 Å². The molecule has 0 radical (unpaired) electrons. The molecule has 0 bridgehead atoms. The molecule has 200 valence electrons. The maximum absolute atomic E-state index is 14.4. The van der Waals surface area contributed by atoms with Crippen molar-refractivity contribution < 1.29 is 40.6 Å². The van der Waals surface area contributed by atoms with E-state index in [1.807, 2.05) is 0 Å². The number of carboxylic acids is 1. The van der Waals surface area contributed by atoms with Crippen molar-refractivity contribution in [3.05, 3.63) is 88.2 Å². The Balaban J connectivity index is 1.82. The number of alkyl halides is 3. The number of halogens is 5. The highest BCUT2D eigenvalue weighted by Crippen LogP contribution is 2.40. The fourth-order valence-corrected chi connectivity index (χ4v) is 5.96. The highest BCUT2D eigenvalue weighted by Gasteiger charge is 2.37. The second-order valence-corrected chi connectivity index (χ2v) is 10.8. The summed E-state index contributed by atoms with van der Waals surface area (Å²) in [5.74, 6) is -1.78. The molecular weight excluding hydrogens is 550 g/mol. The van der Waals surface area contributed by atoms with Gasteiger partial charge in [-0.05, 0) is 60.5 Å². The van der Waals surface area contributed by atoms with Gasteiger partial charge in [0.15, 0.2) is 0 Å². The van der Waals surface area contributed by atoms with E-state index in [1.54, 1.807) is 19.1 Å². The second kappa shape index (κ2) is 10.3. The van der Waals surface area contributed by atoms with Crippen molar-refractivity contribution in [3.8, 4) is 5.75 Å². The molecule has 0 aromatic heterocycles. The van der Waals surface area contributed by atoms with Crippen LogP contribution in [0.25, 0.3) is 11.6 Å². The Morgan fingerprint density at radius 1 is 1.16 bits per heavy atom. The second-order valence-electron chi connectivity index (χ2n) is 8.55. The number of nitrogens with zero attached hydrogens (tertiary/aromatic N) is 1. The van der Waals surface area contributed by atoms with Gasteiger partial charge in [0.05, 0.1) is 34.1 Å². The quantitative estimate of drug-likeness (QED) is 0.271. The fourth-order valence-electron chi connectivity index (χ4n) is 4.10. The summed E-state index contributed by atoms with van der Waals surface area (Å²) in [6.07, 6.45) is -4.85. The first-order valence-corrected chi connectivity index (χ1v) is 12.9. The number of fused-ring (bicyclic) bond motifs is 1. The molecule has 12 heteroatoms. The Bertz CT molecular complexity index is 1520. The Hall–Kier alpha value is -3.57. The standard InChI is InChI=1S/C26H20ClF4NO5S/c1-15(25-20(27)6-3-7-21(25)28)10-16-8-9-23-22(11-16)32(14-18(37-23)13-24(33)34)38(35,36)19-5-2-4-17(12-19)26(29,30)31/h2-12,18H,13-14H2,1H3,(H,33,34). The summed E-state index contributed by atoms with van der Waals surface area (Å²) in [7, 11) is -4.58. The Kier molecular flexibility index (Phi) is 7.44. The van der Waals surface area contributed by atoms with Crippen LogP contribution in [0.2, 0.25) is 5.02 Å². The molecule has 3 aromatic carbocycles. The third-order valence-electron chi connectivity index (χ3n) is 5.81. The van der Waals surface area contributed by atoms with Crippen LogP contribution in [-0.4, -0.2) is 32.1 Å². The number of carboxylic acid groups (broad SMARTS) is 1. The maximum atomic E-state index is 14.4. The van der Waals surface area contributed by atoms with E-state index >= 15 is 0 Å². The first-order valence-electron chi connectivity index (χ1n) is 11.1. The van der Waals surface area contributed by atoms with Crippen molar-refractivity contribution in [2.45, 2.75) is 30.5 Å². The number of anilines is 1. The van der Waals surface area contributed by atoms with Gasteiger partial charge in [0.1, 0.15) is 17.7 Å². The topological polar surface area (TPSA) is 83.9 Å². The molecule has 1 N–H and O–H groups in total. The van der Waals surface area contributed by atoms with Crippen molar-refractivity contribution in [2.75, 3.05) is 10.8 Å². The van der Waals surface area contributed by atoms with E-state index in [4.69, 9.17) is 16.3 Å². The van der Waals surface area contributed by atoms with Crippen LogP contribution in [0.5, 0.6) is 5.75 Å². The van der Waals surface area contributed by atoms with Crippen molar-refractivity contribution in [2.24, 2.45) is 0 Å². The monoisotopic (exact) mass is 569 g/mol. The van der Waals surface area contributed by atoms with Crippen LogP contribution < -0.4 is 9.04 Å². The largest absolute Gasteiger partial charge is 0.486 e. The smallest absolute Gasteiger partial charge is 0.416 e. The van der Waals surface area contributed by atoms with Gasteiger partial charge in [0.25, 0.3) is 10.0 Å². The van der Waals surface area contributed by atoms with Gasteiger partial charge in [-0.1, -0.05) is 35.9 Å². The first-order chi connectivity index (χ1) is 17.8. The highest BCUT2D eigenvalue weighted by atomic mass is 35.5. The molecule has 0 saturated carbocycles. The zero-order valence-corrected chi connectivity index (χ0v) is 21.2. The summed E-state index contributed by atoms with van der Waals surface area (Å²) >= 11 is 6.14. The molecule has 4 rings (SSSR count). The van der Waals surface area contributed by atoms with Gasteiger partial charge in [-0.25, -0.2) is 12.8 Å². The zero-order valence-electron chi connectivity index (χ0n) is 19.7. The lowest BCUT2D eigenvalue weighted by Gasteiger charge is -2.35. The number of benzene rings is 3. The number of carbonyl (C=O) groups is 1. The van der Waals surface area contributed by atoms with Gasteiger partial charge in [-0.2, -0.15) is 13.2 Å².